The summed E-state index contributed by atoms with van der Waals surface area (Å²) < 4.78 is 47.8. The SMILES string of the molecule is COC(=O)/C=C/CN(C)CCCN1CCN(CCCNS(=O)(=O)c2ccc(Nc3ncc(Br)c(Nc4cccc(F)c4C(N)=O)n3)cc2)CC1. The average Bonchev–Trinajstić information content (AvgIpc) is 3.09. The molecule has 0 spiro atoms. The van der Waals surface area contributed by atoms with E-state index in [0.717, 1.165) is 58.3 Å². The van der Waals surface area contributed by atoms with Crippen molar-refractivity contribution < 1.29 is 27.1 Å². The first-order valence-electron chi connectivity index (χ1n) is 16.1. The van der Waals surface area contributed by atoms with Crippen molar-refractivity contribution in [2.45, 2.75) is 17.7 Å². The summed E-state index contributed by atoms with van der Waals surface area (Å²) in [5.41, 5.74) is 5.73. The highest BCUT2D eigenvalue weighted by Gasteiger charge is 2.19. The molecule has 0 saturated carbocycles. The number of carbonyl (C=O) groups is 2. The van der Waals surface area contributed by atoms with E-state index >= 15 is 0 Å². The molecule has 17 heteroatoms. The van der Waals surface area contributed by atoms with Gasteiger partial charge in [0.2, 0.25) is 16.0 Å². The number of carbonyl (C=O) groups excluding carboxylic acids is 2. The number of likely N-dealkylation sites (N-methyl/N-ethyl adjacent to an activating group) is 1. The minimum absolute atomic E-state index is 0.131. The van der Waals surface area contributed by atoms with Gasteiger partial charge in [-0.05, 0) is 91.9 Å². The molecule has 0 atom stereocenters. The number of nitrogens with zero attached hydrogens (tertiary/aromatic N) is 5. The van der Waals surface area contributed by atoms with Crippen molar-refractivity contribution in [3.05, 3.63) is 76.7 Å². The molecule has 2 heterocycles. The Morgan fingerprint density at radius 3 is 2.40 bits per heavy atom. The van der Waals surface area contributed by atoms with Crippen molar-refractivity contribution in [2.75, 3.05) is 83.7 Å². The smallest absolute Gasteiger partial charge is 0.330 e. The molecule has 0 aliphatic carbocycles. The van der Waals surface area contributed by atoms with E-state index in [1.54, 1.807) is 18.2 Å². The fourth-order valence-corrected chi connectivity index (χ4v) is 6.61. The predicted molar refractivity (Wildman–Crippen MR) is 194 cm³/mol. The number of halogens is 2. The van der Waals surface area contributed by atoms with Gasteiger partial charge >= 0.3 is 5.97 Å². The summed E-state index contributed by atoms with van der Waals surface area (Å²) in [4.78, 5) is 38.6. The monoisotopic (exact) mass is 775 g/mol. The van der Waals surface area contributed by atoms with E-state index in [4.69, 9.17) is 5.73 Å². The maximum atomic E-state index is 14.2. The summed E-state index contributed by atoms with van der Waals surface area (Å²) in [5.74, 6) is -1.60. The third-order valence-corrected chi connectivity index (χ3v) is 10.0. The molecule has 3 aromatic rings. The summed E-state index contributed by atoms with van der Waals surface area (Å²) >= 11 is 3.34. The molecule has 1 aliphatic rings. The minimum atomic E-state index is -3.70. The molecule has 14 nitrogen and oxygen atoms in total. The maximum Gasteiger partial charge on any atom is 0.330 e. The molecule has 1 aromatic heterocycles. The predicted octanol–water partition coefficient (Wildman–Crippen LogP) is 3.30. The number of primary amides is 1. The molecule has 1 aliphatic heterocycles. The first-order chi connectivity index (χ1) is 23.9. The van der Waals surface area contributed by atoms with Gasteiger partial charge in [0.05, 0.1) is 27.7 Å². The summed E-state index contributed by atoms with van der Waals surface area (Å²) in [6, 6.07) is 10.3. The van der Waals surface area contributed by atoms with E-state index in [0.29, 0.717) is 29.7 Å². The van der Waals surface area contributed by atoms with Gasteiger partial charge in [0.1, 0.15) is 11.6 Å². The Kier molecular flexibility index (Phi) is 14.6. The van der Waals surface area contributed by atoms with Crippen LogP contribution < -0.4 is 21.1 Å². The van der Waals surface area contributed by atoms with Gasteiger partial charge in [-0.15, -0.1) is 0 Å². The second kappa shape index (κ2) is 18.8. The van der Waals surface area contributed by atoms with Gasteiger partial charge in [-0.2, -0.15) is 4.98 Å². The summed E-state index contributed by atoms with van der Waals surface area (Å²) in [5, 5.41) is 5.91. The molecule has 2 aromatic carbocycles. The lowest BCUT2D eigenvalue weighted by atomic mass is 10.1. The number of hydrogen-bond donors (Lipinski definition) is 4. The minimum Gasteiger partial charge on any atom is -0.466 e. The van der Waals surface area contributed by atoms with Gasteiger partial charge in [-0.1, -0.05) is 12.1 Å². The molecule has 50 heavy (non-hydrogen) atoms. The second-order valence-corrected chi connectivity index (χ2v) is 14.3. The van der Waals surface area contributed by atoms with Crippen LogP contribution in [-0.2, 0) is 19.6 Å². The topological polar surface area (TPSA) is 175 Å². The van der Waals surface area contributed by atoms with Crippen LogP contribution in [0.15, 0.2) is 70.2 Å². The zero-order chi connectivity index (χ0) is 36.1. The Hall–Kier alpha value is -4.00. The Morgan fingerprint density at radius 2 is 1.74 bits per heavy atom. The fourth-order valence-electron chi connectivity index (χ4n) is 5.25. The van der Waals surface area contributed by atoms with Crippen molar-refractivity contribution in [1.82, 2.24) is 29.4 Å². The van der Waals surface area contributed by atoms with Crippen molar-refractivity contribution >= 4 is 61.0 Å². The summed E-state index contributed by atoms with van der Waals surface area (Å²) in [6.07, 6.45) is 6.45. The Labute approximate surface area is 300 Å². The number of hydrogen-bond acceptors (Lipinski definition) is 12. The second-order valence-electron chi connectivity index (χ2n) is 11.7. The number of esters is 1. The highest BCUT2D eigenvalue weighted by molar-refractivity contribution is 9.10. The van der Waals surface area contributed by atoms with E-state index in [2.05, 4.69) is 60.7 Å². The molecule has 0 unspecified atom stereocenters. The zero-order valence-corrected chi connectivity index (χ0v) is 30.5. The lowest BCUT2D eigenvalue weighted by molar-refractivity contribution is -0.134. The molecule has 1 amide bonds. The van der Waals surface area contributed by atoms with Gasteiger partial charge in [-0.25, -0.2) is 27.3 Å². The molecule has 270 valence electrons. The first kappa shape index (κ1) is 38.8. The van der Waals surface area contributed by atoms with Crippen LogP contribution in [0, 0.1) is 5.82 Å². The molecule has 5 N–H and O–H groups in total. The number of piperazine rings is 1. The molecule has 0 bridgehead atoms. The van der Waals surface area contributed by atoms with Gasteiger partial charge in [0.15, 0.2) is 0 Å². The normalized spacial score (nSPS) is 14.3. The molecular formula is C33H43BrFN9O5S. The fraction of sp³-hybridized carbons (Fsp3) is 0.394. The number of nitrogens with two attached hydrogens (primary N) is 1. The van der Waals surface area contributed by atoms with Crippen LogP contribution >= 0.6 is 15.9 Å². The number of rotatable bonds is 18. The van der Waals surface area contributed by atoms with Crippen LogP contribution in [0.3, 0.4) is 0 Å². The van der Waals surface area contributed by atoms with Crippen LogP contribution in [-0.4, -0.2) is 118 Å². The van der Waals surface area contributed by atoms with E-state index < -0.39 is 21.7 Å². The van der Waals surface area contributed by atoms with Crippen LogP contribution in [0.25, 0.3) is 0 Å². The van der Waals surface area contributed by atoms with E-state index in [9.17, 15) is 22.4 Å². The van der Waals surface area contributed by atoms with Crippen molar-refractivity contribution in [2.24, 2.45) is 5.73 Å². The average molecular weight is 777 g/mol. The summed E-state index contributed by atoms with van der Waals surface area (Å²) in [7, 11) is -0.313. The maximum absolute atomic E-state index is 14.2. The van der Waals surface area contributed by atoms with Crippen LogP contribution in [0.4, 0.5) is 27.5 Å². The number of anilines is 4. The number of amides is 1. The zero-order valence-electron chi connectivity index (χ0n) is 28.1. The number of nitrogens with one attached hydrogen (secondary N) is 3. The lowest BCUT2D eigenvalue weighted by Crippen LogP contribution is -2.47. The van der Waals surface area contributed by atoms with Gasteiger partial charge in [0.25, 0.3) is 5.91 Å². The number of benzene rings is 2. The van der Waals surface area contributed by atoms with Gasteiger partial charge < -0.3 is 35.8 Å². The van der Waals surface area contributed by atoms with E-state index in [1.165, 1.54) is 43.6 Å². The van der Waals surface area contributed by atoms with Crippen LogP contribution in [0.1, 0.15) is 23.2 Å². The molecule has 1 fully saturated rings. The van der Waals surface area contributed by atoms with Crippen molar-refractivity contribution in [3.63, 3.8) is 0 Å². The Balaban J connectivity index is 1.18. The number of ether oxygens (including phenoxy) is 1. The Morgan fingerprint density at radius 1 is 1.06 bits per heavy atom. The van der Waals surface area contributed by atoms with Crippen molar-refractivity contribution in [1.29, 1.82) is 0 Å². The molecule has 4 rings (SSSR count). The van der Waals surface area contributed by atoms with Crippen LogP contribution in [0.5, 0.6) is 0 Å². The molecule has 1 saturated heterocycles. The number of sulfonamides is 1. The largest absolute Gasteiger partial charge is 0.466 e. The highest BCUT2D eigenvalue weighted by Crippen LogP contribution is 2.28. The highest BCUT2D eigenvalue weighted by atomic mass is 79.9. The van der Waals surface area contributed by atoms with E-state index in [-0.39, 0.29) is 33.9 Å². The standard InChI is InChI=1S/C33H43BrFN9O5S/c1-42(15-4-9-29(45)49-2)16-6-18-44-21-19-43(20-22-44)17-5-14-38-50(47,48)25-12-10-24(11-13-25)39-33-37-23-26(34)32(41-33)40-28-8-3-7-27(35)30(28)31(36)46/h3-4,7-13,23,38H,5-6,14-22H2,1-2H3,(H2,36,46)(H2,37,39,40,41)/b9-4+. The first-order valence-corrected chi connectivity index (χ1v) is 18.3. The third-order valence-electron chi connectivity index (χ3n) is 7.97. The molecular weight excluding hydrogens is 733 g/mol. The molecule has 0 radical (unpaired) electrons. The number of aromatic nitrogens is 2. The third kappa shape index (κ3) is 11.8. The van der Waals surface area contributed by atoms with Gasteiger partial charge in [0, 0.05) is 57.2 Å². The van der Waals surface area contributed by atoms with Crippen molar-refractivity contribution in [3.8, 4) is 0 Å². The lowest BCUT2D eigenvalue weighted by Gasteiger charge is -2.35. The Bertz CT molecular complexity index is 1740. The quantitative estimate of drug-likeness (QED) is 0.0845. The van der Waals surface area contributed by atoms with Gasteiger partial charge in [-0.3, -0.25) is 4.79 Å². The number of methoxy groups -OCH3 is 1. The summed E-state index contributed by atoms with van der Waals surface area (Å²) in [6.45, 7) is 7.61. The van der Waals surface area contributed by atoms with E-state index in [1.807, 2.05) is 7.05 Å². The van der Waals surface area contributed by atoms with Crippen LogP contribution in [0.2, 0.25) is 0 Å².